The van der Waals surface area contributed by atoms with E-state index in [1.54, 1.807) is 34.9 Å². The molecule has 16 aromatic rings. The summed E-state index contributed by atoms with van der Waals surface area (Å²) in [6, 6.07) is 118. The van der Waals surface area contributed by atoms with Gasteiger partial charge in [-0.1, -0.05) is 325 Å². The molecule has 0 radical (unpaired) electrons. The van der Waals surface area contributed by atoms with Crippen LogP contribution in [0.2, 0.25) is 20.1 Å². The van der Waals surface area contributed by atoms with E-state index < -0.39 is 0 Å². The molecule has 0 bridgehead atoms. The minimum atomic E-state index is 0.198. The number of halogens is 4. The SMILES string of the molecule is N=c1cc(-c2ccccc2)n(-c2ccc(Cl)c(Cl)c2)c(-c2ccccc2)n1.N=c1cc(-c2ccccc2)n(-c2ccccc2)c(-c2ccccc2)n1.N=c1cc(-c2ccccc2)nc(-c2ccccc2)n1-c1ccc(Cl)c(Cl)c1.N=c1cc(-c2ccccc2)nc(-c2ccccc2)n1-c1ccccc1. The monoisotopic (exact) mass is 1430 g/mol. The van der Waals surface area contributed by atoms with Crippen molar-refractivity contribution in [1.82, 2.24) is 38.2 Å². The molecule has 0 fully saturated rings. The van der Waals surface area contributed by atoms with Crippen molar-refractivity contribution in [2.75, 3.05) is 0 Å². The van der Waals surface area contributed by atoms with E-state index in [2.05, 4.69) is 38.8 Å². The van der Waals surface area contributed by atoms with Gasteiger partial charge < -0.3 is 0 Å². The smallest absolute Gasteiger partial charge is 0.149 e. The van der Waals surface area contributed by atoms with Crippen LogP contribution in [0.25, 0.3) is 113 Å². The third-order valence-corrected chi connectivity index (χ3v) is 18.0. The normalized spacial score (nSPS) is 10.7. The van der Waals surface area contributed by atoms with Crippen molar-refractivity contribution in [2.24, 2.45) is 0 Å². The average molecular weight is 1430 g/mol. The largest absolute Gasteiger partial charge is 0.294 e. The topological polar surface area (TPSA) is 167 Å². The van der Waals surface area contributed by atoms with Crippen molar-refractivity contribution in [2.45, 2.75) is 0 Å². The average Bonchev–Trinajstić information content (AvgIpc) is 0.788. The summed E-state index contributed by atoms with van der Waals surface area (Å²) in [5.41, 5.74) is 15.8. The fourth-order valence-electron chi connectivity index (χ4n) is 11.7. The second-order valence-electron chi connectivity index (χ2n) is 23.5. The number of nitrogens with zero attached hydrogens (tertiary/aromatic N) is 8. The minimum absolute atomic E-state index is 0.198. The van der Waals surface area contributed by atoms with E-state index in [4.69, 9.17) is 78.0 Å². The maximum Gasteiger partial charge on any atom is 0.149 e. The van der Waals surface area contributed by atoms with Gasteiger partial charge in [0.1, 0.15) is 45.2 Å². The van der Waals surface area contributed by atoms with Crippen LogP contribution in [0.1, 0.15) is 0 Å². The van der Waals surface area contributed by atoms with E-state index in [-0.39, 0.29) is 11.0 Å². The van der Waals surface area contributed by atoms with Crippen molar-refractivity contribution in [3.8, 4) is 113 Å². The fraction of sp³-hybridized carbons (Fsp3) is 0. The molecule has 0 aliphatic carbocycles. The molecule has 4 heterocycles. The van der Waals surface area contributed by atoms with Crippen LogP contribution >= 0.6 is 46.4 Å². The van der Waals surface area contributed by atoms with Crippen LogP contribution in [0.4, 0.5) is 0 Å². The lowest BCUT2D eigenvalue weighted by atomic mass is 10.1. The van der Waals surface area contributed by atoms with Gasteiger partial charge in [-0.15, -0.1) is 0 Å². The molecule has 0 unspecified atom stereocenters. The van der Waals surface area contributed by atoms with Crippen LogP contribution in [0, 0.1) is 21.6 Å². The first-order chi connectivity index (χ1) is 50.9. The second kappa shape index (κ2) is 33.2. The molecule has 0 amide bonds. The summed E-state index contributed by atoms with van der Waals surface area (Å²) in [7, 11) is 0. The number of hydrogen-bond donors (Lipinski definition) is 4. The van der Waals surface area contributed by atoms with Crippen LogP contribution in [0.5, 0.6) is 0 Å². The quantitative estimate of drug-likeness (QED) is 0.0956. The van der Waals surface area contributed by atoms with E-state index in [0.29, 0.717) is 42.7 Å². The summed E-state index contributed by atoms with van der Waals surface area (Å²) in [4.78, 5) is 18.8. The molecule has 4 aromatic heterocycles. The summed E-state index contributed by atoms with van der Waals surface area (Å²) < 4.78 is 7.76. The highest BCUT2D eigenvalue weighted by Crippen LogP contribution is 2.34. The first-order valence-electron chi connectivity index (χ1n) is 33.1. The highest BCUT2D eigenvalue weighted by atomic mass is 35.5. The van der Waals surface area contributed by atoms with Gasteiger partial charge in [0, 0.05) is 74.7 Å². The molecule has 0 spiro atoms. The predicted octanol–water partition coefficient (Wildman–Crippen LogP) is 21.4. The summed E-state index contributed by atoms with van der Waals surface area (Å²) in [6.07, 6.45) is 0. The third-order valence-electron chi connectivity index (χ3n) is 16.6. The second-order valence-corrected chi connectivity index (χ2v) is 25.2. The van der Waals surface area contributed by atoms with Gasteiger partial charge in [0.2, 0.25) is 0 Å². The number of aromatic nitrogens is 8. The molecular formula is C88H64Cl4N12. The van der Waals surface area contributed by atoms with Gasteiger partial charge in [-0.25, -0.2) is 19.9 Å². The van der Waals surface area contributed by atoms with Gasteiger partial charge in [-0.05, 0) is 71.8 Å². The van der Waals surface area contributed by atoms with Crippen LogP contribution in [-0.2, 0) is 0 Å². The predicted molar refractivity (Wildman–Crippen MR) is 421 cm³/mol. The van der Waals surface area contributed by atoms with E-state index in [1.807, 2.05) is 319 Å². The third kappa shape index (κ3) is 16.5. The number of para-hydroxylation sites is 2. The number of hydrogen-bond acceptors (Lipinski definition) is 8. The van der Waals surface area contributed by atoms with Crippen LogP contribution < -0.4 is 22.0 Å². The van der Waals surface area contributed by atoms with Crippen LogP contribution in [0.3, 0.4) is 0 Å². The zero-order valence-corrected chi connectivity index (χ0v) is 58.8. The van der Waals surface area contributed by atoms with Crippen molar-refractivity contribution in [1.29, 1.82) is 21.6 Å². The van der Waals surface area contributed by atoms with Crippen molar-refractivity contribution in [3.05, 3.63) is 406 Å². The molecule has 0 saturated carbocycles. The van der Waals surface area contributed by atoms with Gasteiger partial charge in [-0.2, -0.15) is 0 Å². The van der Waals surface area contributed by atoms with Gasteiger partial charge in [0.15, 0.2) is 0 Å². The standard InChI is InChI=1S/2C22H15Cl2N3.2C22H17N3/c23-18-12-11-17(13-19(18)24)27-20(15-7-3-1-4-8-15)14-21(25)26-22(27)16-9-5-2-6-10-16;23-18-12-11-17(13-19(18)24)27-21(25)14-20(15-7-3-1-4-8-15)26-22(27)16-9-5-2-6-10-16;23-21-16-20(17-10-4-1-5-11-17)25(19-14-8-3-9-15-19)22(24-21)18-12-6-2-7-13-18;23-21-16-20(17-10-4-1-5-11-17)24-22(18-12-6-2-7-13-18)25(21)19-14-8-3-9-15-19/h2*1-14,25H;2*1-16,23H. The molecule has 4 N–H and O–H groups in total. The van der Waals surface area contributed by atoms with Crippen LogP contribution in [-0.4, -0.2) is 38.2 Å². The van der Waals surface area contributed by atoms with E-state index in [0.717, 1.165) is 102 Å². The zero-order valence-electron chi connectivity index (χ0n) is 55.7. The molecule has 104 heavy (non-hydrogen) atoms. The Kier molecular flexibility index (Phi) is 22.3. The molecule has 504 valence electrons. The Bertz CT molecular complexity index is 5610. The first kappa shape index (κ1) is 69.8. The molecule has 12 nitrogen and oxygen atoms in total. The summed E-state index contributed by atoms with van der Waals surface area (Å²) >= 11 is 24.7. The van der Waals surface area contributed by atoms with Gasteiger partial charge in [0.25, 0.3) is 0 Å². The molecule has 0 aliphatic heterocycles. The van der Waals surface area contributed by atoms with E-state index >= 15 is 0 Å². The Labute approximate surface area is 621 Å². The Balaban J connectivity index is 0.000000123. The highest BCUT2D eigenvalue weighted by Gasteiger charge is 2.19. The summed E-state index contributed by atoms with van der Waals surface area (Å²) in [5, 5.41) is 35.6. The Morgan fingerprint density at radius 3 is 0.750 bits per heavy atom. The number of nitrogens with one attached hydrogen (secondary N) is 4. The Hall–Kier alpha value is -12.7. The van der Waals surface area contributed by atoms with Crippen molar-refractivity contribution < 1.29 is 0 Å². The molecule has 0 atom stereocenters. The van der Waals surface area contributed by atoms with Gasteiger partial charge >= 0.3 is 0 Å². The van der Waals surface area contributed by atoms with E-state index in [1.165, 1.54) is 0 Å². The van der Waals surface area contributed by atoms with Gasteiger partial charge in [0.05, 0.1) is 48.6 Å². The lowest BCUT2D eigenvalue weighted by molar-refractivity contribution is 0.898. The lowest BCUT2D eigenvalue weighted by Gasteiger charge is -2.19. The van der Waals surface area contributed by atoms with Gasteiger partial charge in [-0.3, -0.25) is 39.9 Å². The Morgan fingerprint density at radius 1 is 0.202 bits per heavy atom. The van der Waals surface area contributed by atoms with E-state index in [9.17, 15) is 0 Å². The molecule has 16 rings (SSSR count). The summed E-state index contributed by atoms with van der Waals surface area (Å²) in [6.45, 7) is 0. The maximum absolute atomic E-state index is 8.66. The first-order valence-corrected chi connectivity index (χ1v) is 34.6. The number of rotatable bonds is 12. The highest BCUT2D eigenvalue weighted by molar-refractivity contribution is 6.42. The molecule has 0 aliphatic rings. The molecule has 12 aromatic carbocycles. The lowest BCUT2D eigenvalue weighted by Crippen LogP contribution is -2.21. The minimum Gasteiger partial charge on any atom is -0.294 e. The molecular weight excluding hydrogens is 1370 g/mol. The molecule has 0 saturated heterocycles. The fourth-order valence-corrected chi connectivity index (χ4v) is 12.3. The summed E-state index contributed by atoms with van der Waals surface area (Å²) in [5.74, 6) is 2.86. The Morgan fingerprint density at radius 2 is 0.442 bits per heavy atom. The maximum atomic E-state index is 8.66. The van der Waals surface area contributed by atoms with Crippen molar-refractivity contribution in [3.63, 3.8) is 0 Å². The number of benzene rings is 12. The van der Waals surface area contributed by atoms with Crippen LogP contribution in [0.15, 0.2) is 364 Å². The molecule has 16 heteroatoms. The van der Waals surface area contributed by atoms with Crippen molar-refractivity contribution >= 4 is 46.4 Å². The zero-order chi connectivity index (χ0) is 71.7.